The topological polar surface area (TPSA) is 12.4 Å². The molecule has 1 atom stereocenters. The predicted octanol–water partition coefficient (Wildman–Crippen LogP) is 5.07. The molecular weight excluding hydrogens is 269 g/mol. The Kier molecular flexibility index (Phi) is 3.22. The number of rotatable bonds is 2. The molecule has 20 heavy (non-hydrogen) atoms. The summed E-state index contributed by atoms with van der Waals surface area (Å²) < 4.78 is 13.1. The fourth-order valence-electron chi connectivity index (χ4n) is 2.22. The fraction of sp³-hybridized carbons (Fsp3) is 0.118. The normalized spacial score (nSPS) is 23.7. The monoisotopic (exact) mass is 283 g/mol. The van der Waals surface area contributed by atoms with Crippen molar-refractivity contribution in [1.82, 2.24) is 0 Å². The van der Waals surface area contributed by atoms with E-state index in [9.17, 15) is 4.39 Å². The van der Waals surface area contributed by atoms with Crippen molar-refractivity contribution in [3.8, 4) is 0 Å². The van der Waals surface area contributed by atoms with Gasteiger partial charge in [-0.25, -0.2) is 9.38 Å². The number of para-hydroxylation sites is 1. The molecule has 1 aliphatic heterocycles. The lowest BCUT2D eigenvalue weighted by molar-refractivity contribution is 0.625. The van der Waals surface area contributed by atoms with Crippen LogP contribution in [0, 0.1) is 5.82 Å². The van der Waals surface area contributed by atoms with E-state index in [1.165, 1.54) is 12.1 Å². The largest absolute Gasteiger partial charge is 0.245 e. The van der Waals surface area contributed by atoms with Gasteiger partial charge in [-0.2, -0.15) is 0 Å². The van der Waals surface area contributed by atoms with Crippen molar-refractivity contribution < 1.29 is 4.39 Å². The first-order valence-electron chi connectivity index (χ1n) is 6.38. The molecule has 2 aromatic rings. The van der Waals surface area contributed by atoms with Crippen molar-refractivity contribution in [1.29, 1.82) is 0 Å². The minimum absolute atomic E-state index is 0.225. The third kappa shape index (κ3) is 2.08. The van der Waals surface area contributed by atoms with Crippen LogP contribution in [0.25, 0.3) is 0 Å². The fourth-order valence-corrected chi connectivity index (χ4v) is 3.31. The van der Waals surface area contributed by atoms with Crippen LogP contribution in [0.1, 0.15) is 12.5 Å². The van der Waals surface area contributed by atoms with Gasteiger partial charge < -0.3 is 0 Å². The zero-order chi connectivity index (χ0) is 14.2. The first-order valence-corrected chi connectivity index (χ1v) is 7.20. The molecule has 1 saturated heterocycles. The van der Waals surface area contributed by atoms with Crippen molar-refractivity contribution in [3.63, 3.8) is 0 Å². The number of benzene rings is 2. The Bertz CT molecular complexity index is 676. The molecule has 0 radical (unpaired) electrons. The van der Waals surface area contributed by atoms with E-state index in [4.69, 9.17) is 4.99 Å². The molecule has 3 rings (SSSR count). The summed E-state index contributed by atoms with van der Waals surface area (Å²) in [5.41, 5.74) is 1.64. The number of aliphatic imine (C=N–C) groups is 1. The van der Waals surface area contributed by atoms with Gasteiger partial charge in [0.15, 0.2) is 0 Å². The summed E-state index contributed by atoms with van der Waals surface area (Å²) in [5.74, 6) is -0.225. The van der Waals surface area contributed by atoms with E-state index < -0.39 is 0 Å². The Labute approximate surface area is 122 Å². The van der Waals surface area contributed by atoms with Gasteiger partial charge in [-0.05, 0) is 36.8 Å². The second kappa shape index (κ2) is 4.91. The van der Waals surface area contributed by atoms with Crippen LogP contribution in [0.2, 0.25) is 0 Å². The second-order valence-electron chi connectivity index (χ2n) is 4.91. The molecule has 100 valence electrons. The Morgan fingerprint density at radius 2 is 1.70 bits per heavy atom. The quantitative estimate of drug-likeness (QED) is 0.749. The zero-order valence-corrected chi connectivity index (χ0v) is 12.0. The Morgan fingerprint density at radius 1 is 1.05 bits per heavy atom. The van der Waals surface area contributed by atoms with Crippen LogP contribution in [0.4, 0.5) is 10.1 Å². The molecule has 1 nitrogen and oxygen atoms in total. The Morgan fingerprint density at radius 3 is 2.30 bits per heavy atom. The summed E-state index contributed by atoms with van der Waals surface area (Å²) in [6.45, 7) is 6.18. The van der Waals surface area contributed by atoms with Crippen molar-refractivity contribution in [3.05, 3.63) is 77.5 Å². The lowest BCUT2D eigenvalue weighted by Crippen LogP contribution is -2.40. The molecule has 0 aromatic heterocycles. The number of nitrogens with zero attached hydrogens (tertiary/aromatic N) is 1. The van der Waals surface area contributed by atoms with E-state index in [2.05, 4.69) is 13.5 Å². The molecule has 0 N–H and O–H groups in total. The van der Waals surface area contributed by atoms with E-state index >= 15 is 0 Å². The SMILES string of the molecule is C=C1SC(=Nc2ccccc2)[C@@]1(C)c1ccc(F)cc1. The number of thioether (sulfide) groups is 1. The van der Waals surface area contributed by atoms with E-state index in [0.29, 0.717) is 0 Å². The standard InChI is InChI=1S/C17H14FNS/c1-12-17(2,13-8-10-14(18)11-9-13)16(20-12)19-15-6-4-3-5-7-15/h3-11H,1H2,2H3/t17-/m1/s1. The average Bonchev–Trinajstić information content (AvgIpc) is 2.48. The van der Waals surface area contributed by atoms with Gasteiger partial charge in [-0.15, -0.1) is 0 Å². The highest BCUT2D eigenvalue weighted by Crippen LogP contribution is 2.53. The molecule has 1 aliphatic rings. The van der Waals surface area contributed by atoms with Crippen molar-refractivity contribution in [2.24, 2.45) is 4.99 Å². The lowest BCUT2D eigenvalue weighted by Gasteiger charge is -2.42. The summed E-state index contributed by atoms with van der Waals surface area (Å²) >= 11 is 1.59. The smallest absolute Gasteiger partial charge is 0.123 e. The average molecular weight is 283 g/mol. The van der Waals surface area contributed by atoms with E-state index in [0.717, 1.165) is 21.2 Å². The van der Waals surface area contributed by atoms with Crippen LogP contribution in [0.3, 0.4) is 0 Å². The number of halogens is 1. The first-order chi connectivity index (χ1) is 9.60. The van der Waals surface area contributed by atoms with Gasteiger partial charge in [0, 0.05) is 4.91 Å². The van der Waals surface area contributed by atoms with Gasteiger partial charge in [0.1, 0.15) is 5.82 Å². The molecule has 0 bridgehead atoms. The number of hydrogen-bond donors (Lipinski definition) is 0. The Hall–Kier alpha value is -1.87. The molecule has 3 heteroatoms. The van der Waals surface area contributed by atoms with Gasteiger partial charge >= 0.3 is 0 Å². The minimum Gasteiger partial charge on any atom is -0.245 e. The summed E-state index contributed by atoms with van der Waals surface area (Å²) in [7, 11) is 0. The van der Waals surface area contributed by atoms with Crippen molar-refractivity contribution in [2.45, 2.75) is 12.3 Å². The molecular formula is C17H14FNS. The van der Waals surface area contributed by atoms with Crippen LogP contribution in [-0.2, 0) is 5.41 Å². The summed E-state index contributed by atoms with van der Waals surface area (Å²) in [6.07, 6.45) is 0. The third-order valence-electron chi connectivity index (χ3n) is 3.61. The van der Waals surface area contributed by atoms with Crippen LogP contribution < -0.4 is 0 Å². The summed E-state index contributed by atoms with van der Waals surface area (Å²) in [6, 6.07) is 16.4. The maximum absolute atomic E-state index is 13.1. The van der Waals surface area contributed by atoms with Crippen LogP contribution >= 0.6 is 11.8 Å². The molecule has 0 unspecified atom stereocenters. The van der Waals surface area contributed by atoms with E-state index in [1.54, 1.807) is 23.9 Å². The molecule has 0 spiro atoms. The maximum Gasteiger partial charge on any atom is 0.123 e. The van der Waals surface area contributed by atoms with Gasteiger partial charge in [0.2, 0.25) is 0 Å². The Balaban J connectivity index is 2.00. The lowest BCUT2D eigenvalue weighted by atomic mass is 9.82. The zero-order valence-electron chi connectivity index (χ0n) is 11.1. The van der Waals surface area contributed by atoms with Gasteiger partial charge in [0.05, 0.1) is 16.1 Å². The molecule has 2 aromatic carbocycles. The number of hydrogen-bond acceptors (Lipinski definition) is 2. The van der Waals surface area contributed by atoms with Gasteiger partial charge in [0.25, 0.3) is 0 Å². The molecule has 0 amide bonds. The highest BCUT2D eigenvalue weighted by Gasteiger charge is 2.46. The van der Waals surface area contributed by atoms with Crippen molar-refractivity contribution >= 4 is 22.5 Å². The molecule has 0 saturated carbocycles. The highest BCUT2D eigenvalue weighted by atomic mass is 32.2. The van der Waals surface area contributed by atoms with Gasteiger partial charge in [-0.3, -0.25) is 0 Å². The second-order valence-corrected chi connectivity index (χ2v) is 5.99. The van der Waals surface area contributed by atoms with Crippen LogP contribution in [0.5, 0.6) is 0 Å². The summed E-state index contributed by atoms with van der Waals surface area (Å²) in [5, 5.41) is 1.00. The molecule has 1 fully saturated rings. The van der Waals surface area contributed by atoms with E-state index in [-0.39, 0.29) is 11.2 Å². The molecule has 0 aliphatic carbocycles. The van der Waals surface area contributed by atoms with Gasteiger partial charge in [-0.1, -0.05) is 48.7 Å². The first kappa shape index (κ1) is 13.1. The third-order valence-corrected chi connectivity index (χ3v) is 4.96. The van der Waals surface area contributed by atoms with Crippen LogP contribution in [0.15, 0.2) is 71.1 Å². The maximum atomic E-state index is 13.1. The number of allylic oxidation sites excluding steroid dienone is 1. The van der Waals surface area contributed by atoms with Crippen molar-refractivity contribution in [2.75, 3.05) is 0 Å². The summed E-state index contributed by atoms with van der Waals surface area (Å²) in [4.78, 5) is 5.73. The predicted molar refractivity (Wildman–Crippen MR) is 84.0 cm³/mol. The minimum atomic E-state index is -0.311. The highest BCUT2D eigenvalue weighted by molar-refractivity contribution is 8.20. The van der Waals surface area contributed by atoms with Crippen LogP contribution in [-0.4, -0.2) is 5.04 Å². The molecule has 1 heterocycles. The van der Waals surface area contributed by atoms with E-state index in [1.807, 2.05) is 30.3 Å².